The Hall–Kier alpha value is -1.48. The standard InChI is InChI=1S/C11H13NO2/c1-7(13)5-8-6-12-11-9(8)3-2-4-10(11)14/h2-4,6-7,12-14H,5H2,1H3. The van der Waals surface area contributed by atoms with Crippen LogP contribution in [-0.2, 0) is 6.42 Å². The highest BCUT2D eigenvalue weighted by molar-refractivity contribution is 5.88. The SMILES string of the molecule is CC(O)Cc1c[nH]c2c(O)cccc12. The van der Waals surface area contributed by atoms with E-state index in [0.717, 1.165) is 16.5 Å². The molecule has 0 bridgehead atoms. The van der Waals surface area contributed by atoms with Crippen LogP contribution < -0.4 is 0 Å². The molecule has 3 N–H and O–H groups in total. The average molecular weight is 191 g/mol. The lowest BCUT2D eigenvalue weighted by molar-refractivity contribution is 0.196. The van der Waals surface area contributed by atoms with E-state index in [1.165, 1.54) is 0 Å². The average Bonchev–Trinajstić information content (AvgIpc) is 2.49. The summed E-state index contributed by atoms with van der Waals surface area (Å²) in [7, 11) is 0. The second-order valence-corrected chi connectivity index (χ2v) is 3.57. The van der Waals surface area contributed by atoms with E-state index in [0.29, 0.717) is 6.42 Å². The van der Waals surface area contributed by atoms with Crippen molar-refractivity contribution < 1.29 is 10.2 Å². The maximum absolute atomic E-state index is 9.52. The minimum Gasteiger partial charge on any atom is -0.506 e. The molecule has 1 aromatic heterocycles. The number of aromatic hydroxyl groups is 1. The number of phenols is 1. The van der Waals surface area contributed by atoms with E-state index in [1.54, 1.807) is 19.1 Å². The van der Waals surface area contributed by atoms with Crippen LogP contribution in [0.25, 0.3) is 10.9 Å². The van der Waals surface area contributed by atoms with Crippen LogP contribution >= 0.6 is 0 Å². The quantitative estimate of drug-likeness (QED) is 0.678. The van der Waals surface area contributed by atoms with Crippen molar-refractivity contribution in [2.45, 2.75) is 19.4 Å². The first kappa shape index (κ1) is 9.09. The monoisotopic (exact) mass is 191 g/mol. The van der Waals surface area contributed by atoms with Gasteiger partial charge in [0.1, 0.15) is 5.75 Å². The Kier molecular flexibility index (Phi) is 2.17. The van der Waals surface area contributed by atoms with Gasteiger partial charge in [-0.2, -0.15) is 0 Å². The molecule has 1 atom stereocenters. The Morgan fingerprint density at radius 2 is 2.21 bits per heavy atom. The number of fused-ring (bicyclic) bond motifs is 1. The summed E-state index contributed by atoms with van der Waals surface area (Å²) >= 11 is 0. The van der Waals surface area contributed by atoms with Crippen LogP contribution in [0.4, 0.5) is 0 Å². The van der Waals surface area contributed by atoms with Crippen molar-refractivity contribution in [3.63, 3.8) is 0 Å². The van der Waals surface area contributed by atoms with E-state index < -0.39 is 0 Å². The summed E-state index contributed by atoms with van der Waals surface area (Å²) in [6, 6.07) is 5.38. The molecule has 3 nitrogen and oxygen atoms in total. The van der Waals surface area contributed by atoms with Crippen molar-refractivity contribution in [1.29, 1.82) is 0 Å². The van der Waals surface area contributed by atoms with Crippen molar-refractivity contribution >= 4 is 10.9 Å². The molecular formula is C11H13NO2. The molecule has 0 aliphatic heterocycles. The molecule has 0 saturated heterocycles. The first-order chi connectivity index (χ1) is 6.68. The lowest BCUT2D eigenvalue weighted by Crippen LogP contribution is -2.03. The second-order valence-electron chi connectivity index (χ2n) is 3.57. The molecule has 0 fully saturated rings. The zero-order chi connectivity index (χ0) is 10.1. The fourth-order valence-corrected chi connectivity index (χ4v) is 1.68. The molecule has 0 radical (unpaired) electrons. The summed E-state index contributed by atoms with van der Waals surface area (Å²) in [4.78, 5) is 3.00. The number of aromatic amines is 1. The van der Waals surface area contributed by atoms with Crippen LogP contribution in [0.2, 0.25) is 0 Å². The van der Waals surface area contributed by atoms with Crippen molar-refractivity contribution in [2.24, 2.45) is 0 Å². The van der Waals surface area contributed by atoms with Crippen LogP contribution in [0, 0.1) is 0 Å². The second kappa shape index (κ2) is 3.35. The lowest BCUT2D eigenvalue weighted by atomic mass is 10.1. The number of rotatable bonds is 2. The number of hydrogen-bond acceptors (Lipinski definition) is 2. The van der Waals surface area contributed by atoms with E-state index in [2.05, 4.69) is 4.98 Å². The van der Waals surface area contributed by atoms with Crippen molar-refractivity contribution in [2.75, 3.05) is 0 Å². The van der Waals surface area contributed by atoms with Crippen molar-refractivity contribution in [3.05, 3.63) is 30.0 Å². The van der Waals surface area contributed by atoms with Gasteiger partial charge in [0.25, 0.3) is 0 Å². The van der Waals surface area contributed by atoms with E-state index >= 15 is 0 Å². The number of hydrogen-bond donors (Lipinski definition) is 3. The van der Waals surface area contributed by atoms with Crippen molar-refractivity contribution in [3.8, 4) is 5.75 Å². The molecule has 2 rings (SSSR count). The Bertz CT molecular complexity index is 445. The van der Waals surface area contributed by atoms with Gasteiger partial charge in [-0.3, -0.25) is 0 Å². The van der Waals surface area contributed by atoms with E-state index in [1.807, 2.05) is 12.3 Å². The van der Waals surface area contributed by atoms with Crippen molar-refractivity contribution in [1.82, 2.24) is 4.98 Å². The third-order valence-electron chi connectivity index (χ3n) is 2.29. The lowest BCUT2D eigenvalue weighted by Gasteiger charge is -2.02. The van der Waals surface area contributed by atoms with Gasteiger partial charge in [-0.1, -0.05) is 12.1 Å². The minimum atomic E-state index is -0.364. The number of H-pyrrole nitrogens is 1. The molecule has 74 valence electrons. The van der Waals surface area contributed by atoms with Gasteiger partial charge in [-0.05, 0) is 18.6 Å². The zero-order valence-electron chi connectivity index (χ0n) is 7.99. The molecule has 0 spiro atoms. The molecule has 1 aromatic carbocycles. The molecule has 0 saturated carbocycles. The molecule has 0 aliphatic carbocycles. The maximum atomic E-state index is 9.52. The van der Waals surface area contributed by atoms with Crippen LogP contribution in [0.3, 0.4) is 0 Å². The minimum absolute atomic E-state index is 0.249. The summed E-state index contributed by atoms with van der Waals surface area (Å²) in [5.41, 5.74) is 1.77. The fraction of sp³-hybridized carbons (Fsp3) is 0.273. The smallest absolute Gasteiger partial charge is 0.139 e. The normalized spacial score (nSPS) is 13.3. The summed E-state index contributed by atoms with van der Waals surface area (Å²) in [5, 5.41) is 19.8. The predicted octanol–water partition coefficient (Wildman–Crippen LogP) is 1.80. The highest BCUT2D eigenvalue weighted by Gasteiger charge is 2.08. The summed E-state index contributed by atoms with van der Waals surface area (Å²) in [6.45, 7) is 1.75. The topological polar surface area (TPSA) is 56.2 Å². The molecule has 0 aliphatic rings. The summed E-state index contributed by atoms with van der Waals surface area (Å²) in [6.07, 6.45) is 2.07. The van der Waals surface area contributed by atoms with Gasteiger partial charge in [0.15, 0.2) is 0 Å². The molecule has 1 unspecified atom stereocenters. The largest absolute Gasteiger partial charge is 0.506 e. The molecule has 2 aromatic rings. The number of aliphatic hydroxyl groups excluding tert-OH is 1. The third kappa shape index (κ3) is 1.46. The van der Waals surface area contributed by atoms with Gasteiger partial charge >= 0.3 is 0 Å². The van der Waals surface area contributed by atoms with E-state index in [9.17, 15) is 10.2 Å². The van der Waals surface area contributed by atoms with Crippen LogP contribution in [0.1, 0.15) is 12.5 Å². The molecule has 1 heterocycles. The number of nitrogens with one attached hydrogen (secondary N) is 1. The Morgan fingerprint density at radius 1 is 1.43 bits per heavy atom. The summed E-state index contributed by atoms with van der Waals surface area (Å²) < 4.78 is 0. The Morgan fingerprint density at radius 3 is 2.93 bits per heavy atom. The van der Waals surface area contributed by atoms with E-state index in [-0.39, 0.29) is 11.9 Å². The third-order valence-corrected chi connectivity index (χ3v) is 2.29. The number of aromatic nitrogens is 1. The molecular weight excluding hydrogens is 178 g/mol. The predicted molar refractivity (Wildman–Crippen MR) is 55.3 cm³/mol. The number of phenolic OH excluding ortho intramolecular Hbond substituents is 1. The number of benzene rings is 1. The Balaban J connectivity index is 2.52. The highest BCUT2D eigenvalue weighted by Crippen LogP contribution is 2.26. The number of para-hydroxylation sites is 1. The van der Waals surface area contributed by atoms with E-state index in [4.69, 9.17) is 0 Å². The van der Waals surface area contributed by atoms with Crippen LogP contribution in [-0.4, -0.2) is 21.3 Å². The first-order valence-corrected chi connectivity index (χ1v) is 4.64. The Labute approximate surface area is 82.0 Å². The zero-order valence-corrected chi connectivity index (χ0v) is 7.99. The van der Waals surface area contributed by atoms with Gasteiger partial charge in [-0.25, -0.2) is 0 Å². The molecule has 0 amide bonds. The number of aliphatic hydroxyl groups is 1. The molecule has 14 heavy (non-hydrogen) atoms. The van der Waals surface area contributed by atoms with Crippen LogP contribution in [0.15, 0.2) is 24.4 Å². The molecule has 3 heteroatoms. The van der Waals surface area contributed by atoms with Crippen LogP contribution in [0.5, 0.6) is 5.75 Å². The van der Waals surface area contributed by atoms with Gasteiger partial charge < -0.3 is 15.2 Å². The fourth-order valence-electron chi connectivity index (χ4n) is 1.68. The van der Waals surface area contributed by atoms with Gasteiger partial charge in [-0.15, -0.1) is 0 Å². The highest BCUT2D eigenvalue weighted by atomic mass is 16.3. The van der Waals surface area contributed by atoms with Gasteiger partial charge in [0, 0.05) is 18.0 Å². The summed E-state index contributed by atoms with van der Waals surface area (Å²) in [5.74, 6) is 0.249. The van der Waals surface area contributed by atoms with Gasteiger partial charge in [0.05, 0.1) is 11.6 Å². The first-order valence-electron chi connectivity index (χ1n) is 4.64. The van der Waals surface area contributed by atoms with Gasteiger partial charge in [0.2, 0.25) is 0 Å². The maximum Gasteiger partial charge on any atom is 0.139 e.